The Morgan fingerprint density at radius 1 is 1.00 bits per heavy atom. The summed E-state index contributed by atoms with van der Waals surface area (Å²) in [6.45, 7) is 4.32. The lowest BCUT2D eigenvalue weighted by Gasteiger charge is -2.11. The number of allylic oxidation sites excluding steroid dienone is 2. The van der Waals surface area contributed by atoms with E-state index in [1.807, 2.05) is 0 Å². The number of hydrogen-bond donors (Lipinski definition) is 1. The standard InChI is InChI=1S/C18H19NS/c1-12-3-5-15(6-4-12)16-9-10-17(18(11-16)20-19)13(2)14-7-8-14/h3-6,9-11H,7-8,19H2,1-2H3. The van der Waals surface area contributed by atoms with Crippen molar-refractivity contribution in [3.8, 4) is 11.1 Å². The Labute approximate surface area is 125 Å². The SMILES string of the molecule is CC(=C1CC1)c1ccc(-c2ccc(C)cc2)cc1SN. The molecule has 2 aromatic carbocycles. The predicted molar refractivity (Wildman–Crippen MR) is 88.5 cm³/mol. The van der Waals surface area contributed by atoms with Crippen LogP contribution in [0, 0.1) is 6.92 Å². The maximum absolute atomic E-state index is 5.87. The molecule has 0 bridgehead atoms. The molecule has 2 aromatic rings. The van der Waals surface area contributed by atoms with Gasteiger partial charge in [-0.3, -0.25) is 5.14 Å². The van der Waals surface area contributed by atoms with Crippen LogP contribution < -0.4 is 5.14 Å². The van der Waals surface area contributed by atoms with Gasteiger partial charge in [0.15, 0.2) is 0 Å². The molecule has 3 rings (SSSR count). The third-order valence-corrected chi connectivity index (χ3v) is 4.52. The van der Waals surface area contributed by atoms with E-state index in [1.165, 1.54) is 57.5 Å². The van der Waals surface area contributed by atoms with Gasteiger partial charge in [0.05, 0.1) is 0 Å². The highest BCUT2D eigenvalue weighted by molar-refractivity contribution is 7.97. The number of aryl methyl sites for hydroxylation is 1. The second-order valence-electron chi connectivity index (χ2n) is 5.42. The van der Waals surface area contributed by atoms with Gasteiger partial charge in [-0.1, -0.05) is 47.5 Å². The summed E-state index contributed by atoms with van der Waals surface area (Å²) in [4.78, 5) is 1.17. The van der Waals surface area contributed by atoms with Crippen molar-refractivity contribution in [2.45, 2.75) is 31.6 Å². The van der Waals surface area contributed by atoms with Crippen LogP contribution in [0.25, 0.3) is 16.7 Å². The van der Waals surface area contributed by atoms with Crippen molar-refractivity contribution in [1.82, 2.24) is 0 Å². The van der Waals surface area contributed by atoms with Crippen LogP contribution in [-0.2, 0) is 0 Å². The lowest BCUT2D eigenvalue weighted by molar-refractivity contribution is 1.37. The van der Waals surface area contributed by atoms with Crippen molar-refractivity contribution in [2.24, 2.45) is 5.14 Å². The monoisotopic (exact) mass is 281 g/mol. The molecule has 1 aliphatic carbocycles. The first kappa shape index (κ1) is 13.5. The highest BCUT2D eigenvalue weighted by Gasteiger charge is 2.17. The normalized spacial score (nSPS) is 13.4. The smallest absolute Gasteiger partial charge is 0.0307 e. The Morgan fingerprint density at radius 2 is 1.65 bits per heavy atom. The van der Waals surface area contributed by atoms with E-state index in [-0.39, 0.29) is 0 Å². The van der Waals surface area contributed by atoms with Crippen LogP contribution in [0.2, 0.25) is 0 Å². The Kier molecular flexibility index (Phi) is 3.68. The number of benzene rings is 2. The summed E-state index contributed by atoms with van der Waals surface area (Å²) >= 11 is 1.35. The summed E-state index contributed by atoms with van der Waals surface area (Å²) in [5.41, 5.74) is 8.04. The minimum absolute atomic E-state index is 1.17. The molecule has 1 aliphatic rings. The van der Waals surface area contributed by atoms with Gasteiger partial charge in [0.25, 0.3) is 0 Å². The Balaban J connectivity index is 2.03. The first-order valence-electron chi connectivity index (χ1n) is 6.96. The lowest BCUT2D eigenvalue weighted by Crippen LogP contribution is -1.90. The van der Waals surface area contributed by atoms with Gasteiger partial charge in [-0.25, -0.2) is 0 Å². The molecule has 20 heavy (non-hydrogen) atoms. The van der Waals surface area contributed by atoms with Gasteiger partial charge < -0.3 is 0 Å². The van der Waals surface area contributed by atoms with Crippen LogP contribution >= 0.6 is 11.9 Å². The first-order chi connectivity index (χ1) is 9.69. The lowest BCUT2D eigenvalue weighted by atomic mass is 10.00. The highest BCUT2D eigenvalue weighted by atomic mass is 32.2. The van der Waals surface area contributed by atoms with Crippen LogP contribution in [-0.4, -0.2) is 0 Å². The van der Waals surface area contributed by atoms with Crippen LogP contribution in [0.5, 0.6) is 0 Å². The minimum Gasteiger partial charge on any atom is -0.274 e. The maximum Gasteiger partial charge on any atom is 0.0307 e. The zero-order valence-electron chi connectivity index (χ0n) is 11.9. The third-order valence-electron chi connectivity index (χ3n) is 3.93. The zero-order valence-corrected chi connectivity index (χ0v) is 12.8. The molecule has 0 amide bonds. The molecule has 1 saturated carbocycles. The number of rotatable bonds is 3. The first-order valence-corrected chi connectivity index (χ1v) is 7.84. The molecule has 0 saturated heterocycles. The van der Waals surface area contributed by atoms with Crippen molar-refractivity contribution < 1.29 is 0 Å². The van der Waals surface area contributed by atoms with Gasteiger partial charge in [-0.05, 0) is 67.0 Å². The van der Waals surface area contributed by atoms with Crippen LogP contribution in [0.1, 0.15) is 30.9 Å². The van der Waals surface area contributed by atoms with Crippen molar-refractivity contribution in [1.29, 1.82) is 0 Å². The van der Waals surface area contributed by atoms with Crippen LogP contribution in [0.4, 0.5) is 0 Å². The van der Waals surface area contributed by atoms with Crippen molar-refractivity contribution >= 4 is 17.5 Å². The molecule has 1 fully saturated rings. The molecule has 1 nitrogen and oxygen atoms in total. The largest absolute Gasteiger partial charge is 0.274 e. The second kappa shape index (κ2) is 5.47. The molecule has 0 spiro atoms. The van der Waals surface area contributed by atoms with E-state index in [9.17, 15) is 0 Å². The molecule has 0 atom stereocenters. The van der Waals surface area contributed by atoms with Gasteiger partial charge >= 0.3 is 0 Å². The van der Waals surface area contributed by atoms with E-state index in [0.717, 1.165) is 0 Å². The zero-order chi connectivity index (χ0) is 14.1. The summed E-state index contributed by atoms with van der Waals surface area (Å²) in [6.07, 6.45) is 2.50. The van der Waals surface area contributed by atoms with Gasteiger partial charge in [0.2, 0.25) is 0 Å². The van der Waals surface area contributed by atoms with E-state index in [4.69, 9.17) is 5.14 Å². The summed E-state index contributed by atoms with van der Waals surface area (Å²) in [7, 11) is 0. The molecule has 0 aromatic heterocycles. The predicted octanol–water partition coefficient (Wildman–Crippen LogP) is 5.20. The van der Waals surface area contributed by atoms with Gasteiger partial charge in [-0.15, -0.1) is 0 Å². The molecule has 102 valence electrons. The Bertz CT molecular complexity index is 662. The Morgan fingerprint density at radius 3 is 2.25 bits per heavy atom. The van der Waals surface area contributed by atoms with Crippen LogP contribution in [0.15, 0.2) is 52.9 Å². The van der Waals surface area contributed by atoms with Crippen molar-refractivity contribution in [2.75, 3.05) is 0 Å². The number of nitrogens with two attached hydrogens (primary N) is 1. The van der Waals surface area contributed by atoms with Crippen molar-refractivity contribution in [3.63, 3.8) is 0 Å². The van der Waals surface area contributed by atoms with Gasteiger partial charge in [-0.2, -0.15) is 0 Å². The second-order valence-corrected chi connectivity index (χ2v) is 6.10. The van der Waals surface area contributed by atoms with E-state index >= 15 is 0 Å². The topological polar surface area (TPSA) is 26.0 Å². The van der Waals surface area contributed by atoms with E-state index in [2.05, 4.69) is 56.3 Å². The molecule has 2 N–H and O–H groups in total. The molecule has 0 unspecified atom stereocenters. The fourth-order valence-electron chi connectivity index (χ4n) is 2.48. The van der Waals surface area contributed by atoms with Crippen molar-refractivity contribution in [3.05, 3.63) is 59.2 Å². The third kappa shape index (κ3) is 2.67. The Hall–Kier alpha value is -1.51. The highest BCUT2D eigenvalue weighted by Crippen LogP contribution is 2.39. The minimum atomic E-state index is 1.17. The number of hydrogen-bond acceptors (Lipinski definition) is 2. The average molecular weight is 281 g/mol. The average Bonchev–Trinajstić information content (AvgIpc) is 3.31. The van der Waals surface area contributed by atoms with E-state index in [0.29, 0.717) is 0 Å². The molecule has 0 radical (unpaired) electrons. The molecule has 2 heteroatoms. The summed E-state index contributed by atoms with van der Waals surface area (Å²) in [6, 6.07) is 15.3. The fourth-order valence-corrected chi connectivity index (χ4v) is 3.03. The molecule has 0 aliphatic heterocycles. The van der Waals surface area contributed by atoms with E-state index < -0.39 is 0 Å². The van der Waals surface area contributed by atoms with Gasteiger partial charge in [0, 0.05) is 4.90 Å². The quantitative estimate of drug-likeness (QED) is 0.783. The van der Waals surface area contributed by atoms with E-state index in [1.54, 1.807) is 5.57 Å². The van der Waals surface area contributed by atoms with Gasteiger partial charge in [0.1, 0.15) is 0 Å². The molecular formula is C18H19NS. The molecule has 0 heterocycles. The summed E-state index contributed by atoms with van der Waals surface area (Å²) < 4.78 is 0. The summed E-state index contributed by atoms with van der Waals surface area (Å²) in [5.74, 6) is 0. The fraction of sp³-hybridized carbons (Fsp3) is 0.222. The van der Waals surface area contributed by atoms with Crippen LogP contribution in [0.3, 0.4) is 0 Å². The summed E-state index contributed by atoms with van der Waals surface area (Å²) in [5, 5.41) is 5.87. The molecular weight excluding hydrogens is 262 g/mol. The maximum atomic E-state index is 5.87.